The van der Waals surface area contributed by atoms with Crippen molar-refractivity contribution >= 4 is 45.7 Å². The topological polar surface area (TPSA) is 12.9 Å². The largest absolute Gasteiger partial charge is 0.235 e. The fourth-order valence-electron chi connectivity index (χ4n) is 2.27. The molecule has 0 saturated carbocycles. The number of pyridine rings is 1. The van der Waals surface area contributed by atoms with Crippen molar-refractivity contribution < 1.29 is 0 Å². The molecule has 0 saturated heterocycles. The van der Waals surface area contributed by atoms with Gasteiger partial charge in [-0.3, -0.25) is 0 Å². The zero-order valence-electron chi connectivity index (χ0n) is 13.6. The average Bonchev–Trinajstić information content (AvgIpc) is 2.61. The monoisotopic (exact) mass is 379 g/mol. The Balaban J connectivity index is 0.000000301. The quantitative estimate of drug-likeness (QED) is 0.257. The molecule has 0 fully saturated rings. The lowest BCUT2D eigenvalue weighted by atomic mass is 10.1. The molecule has 0 bridgehead atoms. The first-order chi connectivity index (χ1) is 11.7. The van der Waals surface area contributed by atoms with Gasteiger partial charge in [0, 0.05) is 21.9 Å². The summed E-state index contributed by atoms with van der Waals surface area (Å²) in [6.07, 6.45) is 3.73. The van der Waals surface area contributed by atoms with Crippen molar-refractivity contribution in [2.75, 3.05) is 5.88 Å². The number of para-hydroxylation sites is 1. The zero-order chi connectivity index (χ0) is 17.4. The van der Waals surface area contributed by atoms with Gasteiger partial charge in [-0.25, -0.2) is 4.98 Å². The van der Waals surface area contributed by atoms with Gasteiger partial charge in [0.25, 0.3) is 0 Å². The number of nitrogens with zero attached hydrogens (tertiary/aromatic N) is 1. The fourth-order valence-corrected chi connectivity index (χ4v) is 2.84. The molecule has 1 aromatic heterocycles. The number of hydrogen-bond acceptors (Lipinski definition) is 1. The summed E-state index contributed by atoms with van der Waals surface area (Å²) in [6.45, 7) is 2.17. The predicted molar refractivity (Wildman–Crippen MR) is 107 cm³/mol. The molecule has 0 amide bonds. The second-order valence-electron chi connectivity index (χ2n) is 5.42. The highest BCUT2D eigenvalue weighted by Crippen LogP contribution is 2.30. The molecule has 4 heteroatoms. The van der Waals surface area contributed by atoms with E-state index in [1.54, 1.807) is 0 Å². The molecular weight excluding hydrogens is 361 g/mol. The number of unbranched alkanes of at least 4 members (excludes halogenated alkanes) is 2. The van der Waals surface area contributed by atoms with Crippen LogP contribution in [-0.4, -0.2) is 10.9 Å². The summed E-state index contributed by atoms with van der Waals surface area (Å²) in [5.41, 5.74) is 2.84. The molecule has 0 spiro atoms. The van der Waals surface area contributed by atoms with Crippen LogP contribution in [0.1, 0.15) is 26.2 Å². The standard InChI is InChI=1S/C15H9Cl2N.C5H11Cl/c16-12-7-5-10(6-8-12)13-9-11-3-1-2-4-14(11)18-15(13)17;1-2-3-4-5-6/h1-9H;2-5H2,1H3. The smallest absolute Gasteiger partial charge is 0.137 e. The Kier molecular flexibility index (Phi) is 7.84. The third-order valence-corrected chi connectivity index (χ3v) is 4.38. The number of fused-ring (bicyclic) bond motifs is 1. The maximum Gasteiger partial charge on any atom is 0.137 e. The van der Waals surface area contributed by atoms with Crippen molar-refractivity contribution in [2.45, 2.75) is 26.2 Å². The van der Waals surface area contributed by atoms with Gasteiger partial charge in [-0.05, 0) is 36.2 Å². The molecule has 0 aliphatic carbocycles. The Morgan fingerprint density at radius 3 is 2.25 bits per heavy atom. The SMILES string of the molecule is CCCCCCl.Clc1ccc(-c2cc3ccccc3nc2Cl)cc1. The van der Waals surface area contributed by atoms with Crippen LogP contribution >= 0.6 is 34.8 Å². The number of benzene rings is 2. The highest BCUT2D eigenvalue weighted by atomic mass is 35.5. The maximum atomic E-state index is 6.23. The van der Waals surface area contributed by atoms with E-state index in [-0.39, 0.29) is 0 Å². The fraction of sp³-hybridized carbons (Fsp3) is 0.250. The van der Waals surface area contributed by atoms with E-state index in [4.69, 9.17) is 34.8 Å². The van der Waals surface area contributed by atoms with E-state index in [9.17, 15) is 0 Å². The van der Waals surface area contributed by atoms with Crippen molar-refractivity contribution in [1.82, 2.24) is 4.98 Å². The number of halogens is 3. The summed E-state index contributed by atoms with van der Waals surface area (Å²) < 4.78 is 0. The first-order valence-corrected chi connectivity index (χ1v) is 9.32. The summed E-state index contributed by atoms with van der Waals surface area (Å²) in [7, 11) is 0. The van der Waals surface area contributed by atoms with Gasteiger partial charge in [0.2, 0.25) is 0 Å². The van der Waals surface area contributed by atoms with E-state index in [0.29, 0.717) is 10.2 Å². The molecule has 3 aromatic rings. The molecule has 0 unspecified atom stereocenters. The zero-order valence-corrected chi connectivity index (χ0v) is 15.9. The van der Waals surface area contributed by atoms with E-state index in [1.165, 1.54) is 19.3 Å². The van der Waals surface area contributed by atoms with Crippen LogP contribution in [0.25, 0.3) is 22.0 Å². The van der Waals surface area contributed by atoms with Gasteiger partial charge >= 0.3 is 0 Å². The highest BCUT2D eigenvalue weighted by Gasteiger charge is 2.06. The predicted octanol–water partition coefficient (Wildman–Crippen LogP) is 7.62. The normalized spacial score (nSPS) is 10.3. The first-order valence-electron chi connectivity index (χ1n) is 8.03. The lowest BCUT2D eigenvalue weighted by Crippen LogP contribution is -1.85. The molecule has 1 nitrogen and oxygen atoms in total. The van der Waals surface area contributed by atoms with E-state index < -0.39 is 0 Å². The van der Waals surface area contributed by atoms with Crippen LogP contribution in [0.5, 0.6) is 0 Å². The van der Waals surface area contributed by atoms with Crippen molar-refractivity contribution in [1.29, 1.82) is 0 Å². The molecule has 0 aliphatic heterocycles. The van der Waals surface area contributed by atoms with Crippen LogP contribution in [0.3, 0.4) is 0 Å². The molecule has 0 radical (unpaired) electrons. The second kappa shape index (κ2) is 9.88. The van der Waals surface area contributed by atoms with E-state index in [1.807, 2.05) is 54.6 Å². The van der Waals surface area contributed by atoms with E-state index >= 15 is 0 Å². The number of aromatic nitrogens is 1. The van der Waals surface area contributed by atoms with Gasteiger partial charge in [-0.1, -0.05) is 73.3 Å². The summed E-state index contributed by atoms with van der Waals surface area (Å²) in [4.78, 5) is 4.41. The number of rotatable bonds is 4. The van der Waals surface area contributed by atoms with Gasteiger partial charge < -0.3 is 0 Å². The van der Waals surface area contributed by atoms with E-state index in [2.05, 4.69) is 11.9 Å². The third kappa shape index (κ3) is 5.37. The number of alkyl halides is 1. The highest BCUT2D eigenvalue weighted by molar-refractivity contribution is 6.33. The Labute approximate surface area is 158 Å². The van der Waals surface area contributed by atoms with E-state index in [0.717, 1.165) is 27.9 Å². The summed E-state index contributed by atoms with van der Waals surface area (Å²) in [6, 6.07) is 17.6. The van der Waals surface area contributed by atoms with Crippen molar-refractivity contribution in [3.05, 3.63) is 64.8 Å². The lowest BCUT2D eigenvalue weighted by molar-refractivity contribution is 0.776. The van der Waals surface area contributed by atoms with Gasteiger partial charge in [-0.2, -0.15) is 0 Å². The van der Waals surface area contributed by atoms with Crippen LogP contribution in [0, 0.1) is 0 Å². The molecule has 126 valence electrons. The van der Waals surface area contributed by atoms with Gasteiger partial charge in [0.15, 0.2) is 0 Å². The van der Waals surface area contributed by atoms with Crippen LogP contribution in [0.2, 0.25) is 10.2 Å². The lowest BCUT2D eigenvalue weighted by Gasteiger charge is -2.06. The minimum absolute atomic E-state index is 0.510. The molecule has 2 aromatic carbocycles. The van der Waals surface area contributed by atoms with Gasteiger partial charge in [-0.15, -0.1) is 11.6 Å². The molecule has 1 heterocycles. The molecule has 0 atom stereocenters. The average molecular weight is 381 g/mol. The maximum absolute atomic E-state index is 6.23. The molecule has 0 aliphatic rings. The molecule has 0 N–H and O–H groups in total. The summed E-state index contributed by atoms with van der Waals surface area (Å²) >= 11 is 17.5. The van der Waals surface area contributed by atoms with Gasteiger partial charge in [0.1, 0.15) is 5.15 Å². The van der Waals surface area contributed by atoms with Crippen LogP contribution in [-0.2, 0) is 0 Å². The first kappa shape index (κ1) is 19.1. The van der Waals surface area contributed by atoms with Crippen molar-refractivity contribution in [3.8, 4) is 11.1 Å². The minimum atomic E-state index is 0.510. The van der Waals surface area contributed by atoms with Crippen LogP contribution in [0.4, 0.5) is 0 Å². The summed E-state index contributed by atoms with van der Waals surface area (Å²) in [5.74, 6) is 0.827. The molecular formula is C20H20Cl3N. The van der Waals surface area contributed by atoms with Crippen LogP contribution < -0.4 is 0 Å². The minimum Gasteiger partial charge on any atom is -0.235 e. The molecule has 3 rings (SSSR count). The Morgan fingerprint density at radius 1 is 0.917 bits per heavy atom. The third-order valence-electron chi connectivity index (χ3n) is 3.57. The Hall–Kier alpha value is -1.28. The Morgan fingerprint density at radius 2 is 1.62 bits per heavy atom. The van der Waals surface area contributed by atoms with Gasteiger partial charge in [0.05, 0.1) is 5.52 Å². The second-order valence-corrected chi connectivity index (χ2v) is 6.59. The van der Waals surface area contributed by atoms with Crippen molar-refractivity contribution in [3.63, 3.8) is 0 Å². The van der Waals surface area contributed by atoms with Crippen molar-refractivity contribution in [2.24, 2.45) is 0 Å². The number of hydrogen-bond donors (Lipinski definition) is 0. The Bertz CT molecular complexity index is 765. The van der Waals surface area contributed by atoms with Crippen LogP contribution in [0.15, 0.2) is 54.6 Å². The summed E-state index contributed by atoms with van der Waals surface area (Å²) in [5, 5.41) is 2.30. The molecule has 24 heavy (non-hydrogen) atoms.